The van der Waals surface area contributed by atoms with Crippen molar-refractivity contribution in [1.29, 1.82) is 0 Å². The first-order valence-corrected chi connectivity index (χ1v) is 12.3. The van der Waals surface area contributed by atoms with Gasteiger partial charge in [0.2, 0.25) is 0 Å². The van der Waals surface area contributed by atoms with E-state index in [1.54, 1.807) is 4.90 Å². The van der Waals surface area contributed by atoms with Gasteiger partial charge in [0.25, 0.3) is 5.91 Å². The number of carbonyl (C=O) groups is 2. The van der Waals surface area contributed by atoms with Crippen LogP contribution in [0.5, 0.6) is 0 Å². The van der Waals surface area contributed by atoms with Crippen LogP contribution in [0.2, 0.25) is 0 Å². The van der Waals surface area contributed by atoms with E-state index in [-0.39, 0.29) is 36.1 Å². The van der Waals surface area contributed by atoms with Crippen LogP contribution in [0.4, 0.5) is 0 Å². The van der Waals surface area contributed by atoms with Gasteiger partial charge in [-0.15, -0.1) is 0 Å². The number of rotatable bonds is 5. The predicted octanol–water partition coefficient (Wildman–Crippen LogP) is 3.12. The van der Waals surface area contributed by atoms with E-state index in [1.165, 1.54) is 0 Å². The van der Waals surface area contributed by atoms with Crippen LogP contribution in [0.1, 0.15) is 65.6 Å². The lowest BCUT2D eigenvalue weighted by atomic mass is 9.93. The lowest BCUT2D eigenvalue weighted by Gasteiger charge is -2.38. The first-order valence-electron chi connectivity index (χ1n) is 10.4. The van der Waals surface area contributed by atoms with Crippen molar-refractivity contribution in [1.82, 2.24) is 4.90 Å². The summed E-state index contributed by atoms with van der Waals surface area (Å²) in [7, 11) is -3.10. The van der Waals surface area contributed by atoms with Crippen LogP contribution in [0.15, 0.2) is 12.1 Å². The first kappa shape index (κ1) is 21.8. The van der Waals surface area contributed by atoms with Gasteiger partial charge in [-0.05, 0) is 51.2 Å². The third kappa shape index (κ3) is 5.18. The Bertz CT molecular complexity index is 863. The number of sulfone groups is 1. The Morgan fingerprint density at radius 2 is 1.62 bits per heavy atom. The van der Waals surface area contributed by atoms with Crippen molar-refractivity contribution >= 4 is 21.7 Å². The zero-order valence-electron chi connectivity index (χ0n) is 17.6. The van der Waals surface area contributed by atoms with Gasteiger partial charge < -0.3 is 9.64 Å². The van der Waals surface area contributed by atoms with E-state index in [4.69, 9.17) is 4.74 Å². The molecule has 29 heavy (non-hydrogen) atoms. The van der Waals surface area contributed by atoms with E-state index in [9.17, 15) is 18.0 Å². The number of aryl methyl sites for hydroxylation is 3. The molecule has 160 valence electrons. The largest absolute Gasteiger partial charge is 0.452 e. The van der Waals surface area contributed by atoms with Crippen molar-refractivity contribution in [3.05, 3.63) is 34.4 Å². The Labute approximate surface area is 173 Å². The second-order valence-corrected chi connectivity index (χ2v) is 10.7. The molecule has 0 radical (unpaired) electrons. The molecule has 0 bridgehead atoms. The molecule has 7 heteroatoms. The van der Waals surface area contributed by atoms with Crippen LogP contribution < -0.4 is 0 Å². The summed E-state index contributed by atoms with van der Waals surface area (Å²) in [5.41, 5.74) is 3.21. The zero-order chi connectivity index (χ0) is 21.2. The molecule has 1 saturated heterocycles. The average molecular weight is 422 g/mol. The minimum Gasteiger partial charge on any atom is -0.452 e. The number of hydrogen-bond acceptors (Lipinski definition) is 5. The fraction of sp³-hybridized carbons (Fsp3) is 0.636. The maximum Gasteiger partial charge on any atom is 0.339 e. The second-order valence-electron chi connectivity index (χ2n) is 8.50. The van der Waals surface area contributed by atoms with Crippen LogP contribution in [0, 0.1) is 20.8 Å². The van der Waals surface area contributed by atoms with Gasteiger partial charge in [-0.1, -0.05) is 37.0 Å². The van der Waals surface area contributed by atoms with Gasteiger partial charge in [-0.2, -0.15) is 0 Å². The summed E-state index contributed by atoms with van der Waals surface area (Å²) < 4.78 is 29.4. The fourth-order valence-electron chi connectivity index (χ4n) is 4.84. The number of carbonyl (C=O) groups excluding carboxylic acids is 2. The number of amides is 1. The molecule has 1 aliphatic carbocycles. The average Bonchev–Trinajstić information content (AvgIpc) is 2.99. The molecular formula is C22H31NO5S. The lowest BCUT2D eigenvalue weighted by Crippen LogP contribution is -2.50. The van der Waals surface area contributed by atoms with Gasteiger partial charge in [0.1, 0.15) is 0 Å². The molecule has 2 aliphatic rings. The Morgan fingerprint density at radius 1 is 1.00 bits per heavy atom. The smallest absolute Gasteiger partial charge is 0.339 e. The lowest BCUT2D eigenvalue weighted by molar-refractivity contribution is -0.140. The molecule has 1 aliphatic heterocycles. The predicted molar refractivity (Wildman–Crippen MR) is 112 cm³/mol. The van der Waals surface area contributed by atoms with E-state index in [0.29, 0.717) is 12.0 Å². The molecule has 1 unspecified atom stereocenters. The molecule has 1 amide bonds. The summed E-state index contributed by atoms with van der Waals surface area (Å²) in [5.74, 6) is -0.652. The molecule has 0 spiro atoms. The van der Waals surface area contributed by atoms with Crippen LogP contribution in [-0.2, 0) is 19.4 Å². The highest BCUT2D eigenvalue weighted by atomic mass is 32.2. The van der Waals surface area contributed by atoms with Gasteiger partial charge in [-0.3, -0.25) is 4.79 Å². The normalized spacial score (nSPS) is 21.7. The maximum atomic E-state index is 13.1. The highest BCUT2D eigenvalue weighted by Crippen LogP contribution is 2.28. The highest BCUT2D eigenvalue weighted by molar-refractivity contribution is 7.91. The number of nitrogens with zero attached hydrogens (tertiary/aromatic N) is 1. The Morgan fingerprint density at radius 3 is 2.17 bits per heavy atom. The number of hydrogen-bond donors (Lipinski definition) is 0. The third-order valence-electron chi connectivity index (χ3n) is 6.07. The molecule has 2 fully saturated rings. The molecule has 6 nitrogen and oxygen atoms in total. The second kappa shape index (κ2) is 8.86. The van der Waals surface area contributed by atoms with Crippen molar-refractivity contribution in [2.24, 2.45) is 0 Å². The minimum atomic E-state index is -3.10. The zero-order valence-corrected chi connectivity index (χ0v) is 18.4. The van der Waals surface area contributed by atoms with Crippen molar-refractivity contribution in [3.8, 4) is 0 Å². The summed E-state index contributed by atoms with van der Waals surface area (Å²) in [6.45, 7) is 5.33. The van der Waals surface area contributed by atoms with E-state index >= 15 is 0 Å². The molecular weight excluding hydrogens is 390 g/mol. The molecule has 1 heterocycles. The van der Waals surface area contributed by atoms with E-state index in [0.717, 1.165) is 48.8 Å². The van der Waals surface area contributed by atoms with Crippen LogP contribution in [-0.4, -0.2) is 55.4 Å². The van der Waals surface area contributed by atoms with Gasteiger partial charge in [0, 0.05) is 12.1 Å². The van der Waals surface area contributed by atoms with Crippen LogP contribution >= 0.6 is 0 Å². The van der Waals surface area contributed by atoms with E-state index < -0.39 is 15.8 Å². The number of benzene rings is 1. The third-order valence-corrected chi connectivity index (χ3v) is 7.82. The standard InChI is InChI=1S/C22H31NO5S/c1-15-11-16(2)21(17(3)12-15)22(25)28-13-20(24)23(18-7-5-4-6-8-18)19-9-10-29(26,27)14-19/h11-12,18-19H,4-10,13-14H2,1-3H3. The Hall–Kier alpha value is -1.89. The van der Waals surface area contributed by atoms with Gasteiger partial charge in [0.05, 0.1) is 17.1 Å². The summed E-state index contributed by atoms with van der Waals surface area (Å²) in [4.78, 5) is 27.4. The Balaban J connectivity index is 1.72. The fourth-order valence-corrected chi connectivity index (χ4v) is 6.55. The summed E-state index contributed by atoms with van der Waals surface area (Å²) in [6.07, 6.45) is 5.45. The molecule has 0 N–H and O–H groups in total. The molecule has 1 aromatic rings. The molecule has 1 aromatic carbocycles. The van der Waals surface area contributed by atoms with Gasteiger partial charge >= 0.3 is 5.97 Å². The Kier molecular flexibility index (Phi) is 6.66. The number of esters is 1. The van der Waals surface area contributed by atoms with E-state index in [1.807, 2.05) is 32.9 Å². The monoisotopic (exact) mass is 421 g/mol. The van der Waals surface area contributed by atoms with E-state index in [2.05, 4.69) is 0 Å². The SMILES string of the molecule is Cc1cc(C)c(C(=O)OCC(=O)N(C2CCCCC2)C2CCS(=O)(=O)C2)c(C)c1. The molecule has 3 rings (SSSR count). The van der Waals surface area contributed by atoms with Crippen molar-refractivity contribution < 1.29 is 22.7 Å². The summed E-state index contributed by atoms with van der Waals surface area (Å²) >= 11 is 0. The van der Waals surface area contributed by atoms with Crippen LogP contribution in [0.25, 0.3) is 0 Å². The van der Waals surface area contributed by atoms with Crippen LogP contribution in [0.3, 0.4) is 0 Å². The first-order chi connectivity index (χ1) is 13.7. The quantitative estimate of drug-likeness (QED) is 0.683. The highest BCUT2D eigenvalue weighted by Gasteiger charge is 2.38. The summed E-state index contributed by atoms with van der Waals surface area (Å²) in [6, 6.07) is 3.57. The van der Waals surface area contributed by atoms with Gasteiger partial charge in [0.15, 0.2) is 16.4 Å². The molecule has 1 atom stereocenters. The topological polar surface area (TPSA) is 80.8 Å². The maximum absolute atomic E-state index is 13.1. The van der Waals surface area contributed by atoms with Crippen molar-refractivity contribution in [3.63, 3.8) is 0 Å². The summed E-state index contributed by atoms with van der Waals surface area (Å²) in [5, 5.41) is 0. The molecule has 0 aromatic heterocycles. The van der Waals surface area contributed by atoms with Crippen molar-refractivity contribution in [2.75, 3.05) is 18.1 Å². The molecule has 1 saturated carbocycles. The minimum absolute atomic E-state index is 0.0133. The number of ether oxygens (including phenoxy) is 1. The van der Waals surface area contributed by atoms with Gasteiger partial charge in [-0.25, -0.2) is 13.2 Å². The van der Waals surface area contributed by atoms with Crippen molar-refractivity contribution in [2.45, 2.75) is 71.4 Å².